The van der Waals surface area contributed by atoms with E-state index in [2.05, 4.69) is 5.32 Å². The molecule has 3 N–H and O–H groups in total. The number of hydrogen-bond donors (Lipinski definition) is 2. The number of hydrogen-bond acceptors (Lipinski definition) is 3. The predicted molar refractivity (Wildman–Crippen MR) is 62.9 cm³/mol. The first-order valence-corrected chi connectivity index (χ1v) is 5.58. The molecule has 0 amide bonds. The second-order valence-electron chi connectivity index (χ2n) is 4.28. The van der Waals surface area contributed by atoms with E-state index < -0.39 is 0 Å². The van der Waals surface area contributed by atoms with Gasteiger partial charge in [0, 0.05) is 12.6 Å². The fourth-order valence-corrected chi connectivity index (χ4v) is 2.00. The minimum atomic E-state index is -0.267. The maximum Gasteiger partial charge on any atom is 0.125 e. The quantitative estimate of drug-likeness (QED) is 0.758. The van der Waals surface area contributed by atoms with Crippen molar-refractivity contribution in [2.75, 3.05) is 17.7 Å². The Morgan fingerprint density at radius 3 is 3.06 bits per heavy atom. The highest BCUT2D eigenvalue weighted by Crippen LogP contribution is 2.24. The van der Waals surface area contributed by atoms with Gasteiger partial charge in [-0.3, -0.25) is 0 Å². The summed E-state index contributed by atoms with van der Waals surface area (Å²) in [5.74, 6) is -0.267. The van der Waals surface area contributed by atoms with Gasteiger partial charge in [-0.25, -0.2) is 4.39 Å². The first-order chi connectivity index (χ1) is 7.65. The lowest BCUT2D eigenvalue weighted by molar-refractivity contribution is 0.0232. The Kier molecular flexibility index (Phi) is 3.29. The van der Waals surface area contributed by atoms with Crippen LogP contribution in [0.1, 0.15) is 19.8 Å². The molecule has 16 heavy (non-hydrogen) atoms. The van der Waals surface area contributed by atoms with Gasteiger partial charge in [-0.1, -0.05) is 0 Å². The van der Waals surface area contributed by atoms with Crippen LogP contribution in [0.4, 0.5) is 15.8 Å². The van der Waals surface area contributed by atoms with E-state index in [-0.39, 0.29) is 11.9 Å². The molecular formula is C12H17FN2O. The fraction of sp³-hybridized carbons (Fsp3) is 0.500. The molecule has 0 radical (unpaired) electrons. The Morgan fingerprint density at radius 2 is 2.31 bits per heavy atom. The molecule has 2 rings (SSSR count). The summed E-state index contributed by atoms with van der Waals surface area (Å²) in [5, 5.41) is 3.28. The summed E-state index contributed by atoms with van der Waals surface area (Å²) < 4.78 is 18.5. The maximum absolute atomic E-state index is 13.1. The highest BCUT2D eigenvalue weighted by atomic mass is 19.1. The van der Waals surface area contributed by atoms with E-state index in [0.29, 0.717) is 17.4 Å². The van der Waals surface area contributed by atoms with Crippen LogP contribution >= 0.6 is 0 Å². The molecule has 0 aromatic heterocycles. The van der Waals surface area contributed by atoms with Crippen molar-refractivity contribution >= 4 is 11.4 Å². The number of anilines is 2. The first kappa shape index (κ1) is 11.2. The van der Waals surface area contributed by atoms with Crippen molar-refractivity contribution in [3.63, 3.8) is 0 Å². The van der Waals surface area contributed by atoms with Gasteiger partial charge in [0.1, 0.15) is 5.82 Å². The normalized spacial score (nSPS) is 25.4. The maximum atomic E-state index is 13.1. The molecular weight excluding hydrogens is 207 g/mol. The highest BCUT2D eigenvalue weighted by Gasteiger charge is 2.19. The Morgan fingerprint density at radius 1 is 1.50 bits per heavy atom. The number of ether oxygens (including phenoxy) is 1. The summed E-state index contributed by atoms with van der Waals surface area (Å²) in [6, 6.07) is 4.70. The van der Waals surface area contributed by atoms with Gasteiger partial charge in [0.25, 0.3) is 0 Å². The Balaban J connectivity index is 2.05. The van der Waals surface area contributed by atoms with Crippen molar-refractivity contribution in [1.82, 2.24) is 0 Å². The zero-order chi connectivity index (χ0) is 11.5. The third kappa shape index (κ3) is 2.64. The van der Waals surface area contributed by atoms with Crippen LogP contribution in [0.25, 0.3) is 0 Å². The van der Waals surface area contributed by atoms with E-state index in [0.717, 1.165) is 19.4 Å². The summed E-state index contributed by atoms with van der Waals surface area (Å²) >= 11 is 0. The van der Waals surface area contributed by atoms with Gasteiger partial charge in [0.15, 0.2) is 0 Å². The molecule has 2 unspecified atom stereocenters. The van der Waals surface area contributed by atoms with E-state index in [9.17, 15) is 4.39 Å². The number of rotatable bonds is 2. The molecule has 1 aromatic rings. The number of nitrogens with one attached hydrogen (secondary N) is 1. The van der Waals surface area contributed by atoms with E-state index in [1.165, 1.54) is 12.1 Å². The second kappa shape index (κ2) is 4.70. The van der Waals surface area contributed by atoms with Gasteiger partial charge in [0.2, 0.25) is 0 Å². The molecule has 0 aliphatic carbocycles. The average Bonchev–Trinajstić information content (AvgIpc) is 2.24. The average molecular weight is 224 g/mol. The van der Waals surface area contributed by atoms with Crippen molar-refractivity contribution in [3.8, 4) is 0 Å². The number of halogens is 1. The minimum absolute atomic E-state index is 0.251. The Hall–Kier alpha value is -1.29. The summed E-state index contributed by atoms with van der Waals surface area (Å²) in [4.78, 5) is 0. The van der Waals surface area contributed by atoms with Crippen LogP contribution in [0.2, 0.25) is 0 Å². The van der Waals surface area contributed by atoms with Crippen LogP contribution in [0.15, 0.2) is 18.2 Å². The molecule has 1 heterocycles. The molecule has 0 bridgehead atoms. The number of benzene rings is 1. The Labute approximate surface area is 94.8 Å². The monoisotopic (exact) mass is 224 g/mol. The molecule has 1 aliphatic heterocycles. The van der Waals surface area contributed by atoms with Gasteiger partial charge in [0.05, 0.1) is 17.5 Å². The minimum Gasteiger partial charge on any atom is -0.397 e. The zero-order valence-corrected chi connectivity index (χ0v) is 9.37. The Bertz CT molecular complexity index is 370. The second-order valence-corrected chi connectivity index (χ2v) is 4.28. The van der Waals surface area contributed by atoms with Crippen LogP contribution in [-0.2, 0) is 4.74 Å². The van der Waals surface area contributed by atoms with E-state index in [1.54, 1.807) is 6.07 Å². The van der Waals surface area contributed by atoms with Crippen molar-refractivity contribution in [1.29, 1.82) is 0 Å². The van der Waals surface area contributed by atoms with Crippen molar-refractivity contribution in [3.05, 3.63) is 24.0 Å². The van der Waals surface area contributed by atoms with Crippen LogP contribution in [-0.4, -0.2) is 18.8 Å². The number of nitrogens with two attached hydrogens (primary N) is 1. The molecule has 0 saturated carbocycles. The molecule has 4 heteroatoms. The molecule has 1 saturated heterocycles. The van der Waals surface area contributed by atoms with E-state index in [4.69, 9.17) is 10.5 Å². The SMILES string of the molecule is CC1CC(Nc2cc(F)ccc2N)CCO1. The third-order valence-electron chi connectivity index (χ3n) is 2.86. The molecule has 88 valence electrons. The summed E-state index contributed by atoms with van der Waals surface area (Å²) in [6.45, 7) is 2.79. The first-order valence-electron chi connectivity index (χ1n) is 5.58. The molecule has 2 atom stereocenters. The predicted octanol–water partition coefficient (Wildman–Crippen LogP) is 2.39. The van der Waals surface area contributed by atoms with Gasteiger partial charge < -0.3 is 15.8 Å². The molecule has 1 aromatic carbocycles. The molecule has 3 nitrogen and oxygen atoms in total. The lowest BCUT2D eigenvalue weighted by Crippen LogP contribution is -2.32. The fourth-order valence-electron chi connectivity index (χ4n) is 2.00. The van der Waals surface area contributed by atoms with Crippen LogP contribution < -0.4 is 11.1 Å². The highest BCUT2D eigenvalue weighted by molar-refractivity contribution is 5.66. The molecule has 1 aliphatic rings. The third-order valence-corrected chi connectivity index (χ3v) is 2.86. The molecule has 0 spiro atoms. The van der Waals surface area contributed by atoms with Gasteiger partial charge in [-0.05, 0) is 38.0 Å². The topological polar surface area (TPSA) is 47.3 Å². The van der Waals surface area contributed by atoms with Gasteiger partial charge >= 0.3 is 0 Å². The van der Waals surface area contributed by atoms with E-state index in [1.807, 2.05) is 6.92 Å². The van der Waals surface area contributed by atoms with Crippen LogP contribution in [0.5, 0.6) is 0 Å². The van der Waals surface area contributed by atoms with Crippen molar-refractivity contribution < 1.29 is 9.13 Å². The lowest BCUT2D eigenvalue weighted by atomic mass is 10.0. The summed E-state index contributed by atoms with van der Waals surface area (Å²) in [6.07, 6.45) is 2.11. The largest absolute Gasteiger partial charge is 0.397 e. The van der Waals surface area contributed by atoms with Gasteiger partial charge in [-0.2, -0.15) is 0 Å². The van der Waals surface area contributed by atoms with Crippen LogP contribution in [0, 0.1) is 5.82 Å². The standard InChI is InChI=1S/C12H17FN2O/c1-8-6-10(4-5-16-8)15-12-7-9(13)2-3-11(12)14/h2-3,7-8,10,15H,4-6,14H2,1H3. The lowest BCUT2D eigenvalue weighted by Gasteiger charge is -2.29. The van der Waals surface area contributed by atoms with Crippen molar-refractivity contribution in [2.24, 2.45) is 0 Å². The summed E-state index contributed by atoms with van der Waals surface area (Å²) in [5.41, 5.74) is 7.04. The van der Waals surface area contributed by atoms with Gasteiger partial charge in [-0.15, -0.1) is 0 Å². The summed E-state index contributed by atoms with van der Waals surface area (Å²) in [7, 11) is 0. The smallest absolute Gasteiger partial charge is 0.125 e. The van der Waals surface area contributed by atoms with E-state index >= 15 is 0 Å². The van der Waals surface area contributed by atoms with Crippen molar-refractivity contribution in [2.45, 2.75) is 31.9 Å². The zero-order valence-electron chi connectivity index (χ0n) is 9.37. The molecule has 1 fully saturated rings. The number of nitrogen functional groups attached to an aromatic ring is 1. The van der Waals surface area contributed by atoms with Crippen LogP contribution in [0.3, 0.4) is 0 Å².